The summed E-state index contributed by atoms with van der Waals surface area (Å²) in [7, 11) is 0. The average Bonchev–Trinajstić information content (AvgIpc) is 2.65. The van der Waals surface area contributed by atoms with E-state index in [1.165, 1.54) is 6.20 Å². The van der Waals surface area contributed by atoms with Crippen LogP contribution in [0, 0.1) is 0 Å². The van der Waals surface area contributed by atoms with E-state index in [2.05, 4.69) is 35.6 Å². The minimum atomic E-state index is -4.54. The van der Waals surface area contributed by atoms with Gasteiger partial charge in [0.05, 0.1) is 23.0 Å². The summed E-state index contributed by atoms with van der Waals surface area (Å²) in [5.41, 5.74) is -1.60. The van der Waals surface area contributed by atoms with Gasteiger partial charge in [0.1, 0.15) is 10.8 Å². The highest BCUT2D eigenvalue weighted by molar-refractivity contribution is 6.29. The number of rotatable bonds is 6. The Morgan fingerprint density at radius 1 is 1.03 bits per heavy atom. The van der Waals surface area contributed by atoms with E-state index in [-0.39, 0.29) is 35.1 Å². The summed E-state index contributed by atoms with van der Waals surface area (Å²) in [6.45, 7) is 3.30. The van der Waals surface area contributed by atoms with Crippen molar-refractivity contribution in [2.75, 3.05) is 17.2 Å². The van der Waals surface area contributed by atoms with Gasteiger partial charge in [-0.05, 0) is 32.0 Å². The average molecular weight is 440 g/mol. The summed E-state index contributed by atoms with van der Waals surface area (Å²) in [6, 6.07) is 5.74. The third-order valence-corrected chi connectivity index (χ3v) is 3.79. The van der Waals surface area contributed by atoms with Crippen LogP contribution in [0.25, 0.3) is 11.5 Å². The zero-order valence-electron chi connectivity index (χ0n) is 15.9. The van der Waals surface area contributed by atoms with Gasteiger partial charge in [-0.1, -0.05) is 17.7 Å². The molecule has 3 rings (SSSR count). The van der Waals surface area contributed by atoms with E-state index in [1.54, 1.807) is 32.0 Å². The molecule has 0 aromatic carbocycles. The first-order chi connectivity index (χ1) is 14.0. The minimum Gasteiger partial charge on any atom is -0.389 e. The maximum absolute atomic E-state index is 12.9. The van der Waals surface area contributed by atoms with E-state index >= 15 is 0 Å². The molecule has 0 unspecified atom stereocenters. The van der Waals surface area contributed by atoms with Gasteiger partial charge in [0, 0.05) is 12.7 Å². The van der Waals surface area contributed by atoms with Crippen LogP contribution >= 0.6 is 11.6 Å². The molecule has 0 radical (unpaired) electrons. The van der Waals surface area contributed by atoms with Gasteiger partial charge in [-0.15, -0.1) is 0 Å². The third-order valence-electron chi connectivity index (χ3n) is 3.58. The molecule has 3 aromatic rings. The Morgan fingerprint density at radius 3 is 2.43 bits per heavy atom. The van der Waals surface area contributed by atoms with Crippen molar-refractivity contribution in [1.29, 1.82) is 0 Å². The summed E-state index contributed by atoms with van der Waals surface area (Å²) in [4.78, 5) is 20.3. The summed E-state index contributed by atoms with van der Waals surface area (Å²) < 4.78 is 38.8. The van der Waals surface area contributed by atoms with Gasteiger partial charge in [0.25, 0.3) is 0 Å². The summed E-state index contributed by atoms with van der Waals surface area (Å²) in [5.74, 6) is 0.181. The van der Waals surface area contributed by atoms with E-state index < -0.39 is 17.3 Å². The predicted molar refractivity (Wildman–Crippen MR) is 105 cm³/mol. The van der Waals surface area contributed by atoms with Gasteiger partial charge in [-0.2, -0.15) is 28.1 Å². The number of anilines is 3. The lowest BCUT2D eigenvalue weighted by atomic mass is 10.1. The van der Waals surface area contributed by atoms with Crippen LogP contribution in [-0.4, -0.2) is 42.2 Å². The highest BCUT2D eigenvalue weighted by Gasteiger charge is 2.31. The largest absolute Gasteiger partial charge is 0.417 e. The highest BCUT2D eigenvalue weighted by Crippen LogP contribution is 2.30. The molecule has 0 aliphatic rings. The highest BCUT2D eigenvalue weighted by atomic mass is 35.5. The van der Waals surface area contributed by atoms with Crippen LogP contribution < -0.4 is 10.6 Å². The summed E-state index contributed by atoms with van der Waals surface area (Å²) in [6.07, 6.45) is -2.62. The second-order valence-electron chi connectivity index (χ2n) is 6.90. The molecule has 0 saturated carbocycles. The molecule has 0 aliphatic heterocycles. The molecule has 0 amide bonds. The normalized spacial score (nSPS) is 12.0. The number of alkyl halides is 3. The maximum atomic E-state index is 12.9. The van der Waals surface area contributed by atoms with E-state index in [0.717, 1.165) is 12.3 Å². The van der Waals surface area contributed by atoms with Crippen LogP contribution in [-0.2, 0) is 6.18 Å². The minimum absolute atomic E-state index is 0.0365. The second-order valence-corrected chi connectivity index (χ2v) is 7.29. The van der Waals surface area contributed by atoms with Crippen LogP contribution in [0.5, 0.6) is 0 Å². The maximum Gasteiger partial charge on any atom is 0.417 e. The van der Waals surface area contributed by atoms with E-state index in [0.29, 0.717) is 5.69 Å². The van der Waals surface area contributed by atoms with Gasteiger partial charge in [-0.3, -0.25) is 4.98 Å². The molecule has 0 atom stereocenters. The molecule has 0 saturated heterocycles. The summed E-state index contributed by atoms with van der Waals surface area (Å²) in [5, 5.41) is 15.7. The van der Waals surface area contributed by atoms with Gasteiger partial charge in [0.2, 0.25) is 11.9 Å². The van der Waals surface area contributed by atoms with Crippen molar-refractivity contribution in [3.05, 3.63) is 47.4 Å². The Kier molecular flexibility index (Phi) is 6.04. The molecule has 0 spiro atoms. The Balaban J connectivity index is 1.97. The van der Waals surface area contributed by atoms with Gasteiger partial charge in [-0.25, -0.2) is 4.98 Å². The molecule has 0 fully saturated rings. The molecule has 0 bridgehead atoms. The third kappa shape index (κ3) is 5.97. The fourth-order valence-corrected chi connectivity index (χ4v) is 2.41. The first-order valence-corrected chi connectivity index (χ1v) is 9.02. The van der Waals surface area contributed by atoms with Crippen molar-refractivity contribution in [2.24, 2.45) is 0 Å². The summed E-state index contributed by atoms with van der Waals surface area (Å²) >= 11 is 5.92. The van der Waals surface area contributed by atoms with Crippen molar-refractivity contribution in [1.82, 2.24) is 24.9 Å². The predicted octanol–water partition coefficient (Wildman–Crippen LogP) is 3.93. The molecule has 3 heterocycles. The quantitative estimate of drug-likeness (QED) is 0.496. The van der Waals surface area contributed by atoms with Crippen molar-refractivity contribution >= 4 is 29.2 Å². The lowest BCUT2D eigenvalue weighted by Gasteiger charge is -2.18. The van der Waals surface area contributed by atoms with Gasteiger partial charge in [0.15, 0.2) is 5.82 Å². The Morgan fingerprint density at radius 2 is 1.77 bits per heavy atom. The SMILES string of the molecule is CC(C)(O)CNc1nc(Nc2cncc(C(F)(F)F)c2)nc(-c2cccc(Cl)n2)n1. The fourth-order valence-electron chi connectivity index (χ4n) is 2.25. The molecule has 158 valence electrons. The van der Waals surface area contributed by atoms with Crippen molar-refractivity contribution in [2.45, 2.75) is 25.6 Å². The molecule has 12 heteroatoms. The van der Waals surface area contributed by atoms with E-state index in [9.17, 15) is 18.3 Å². The molecule has 8 nitrogen and oxygen atoms in total. The van der Waals surface area contributed by atoms with Crippen molar-refractivity contribution in [3.8, 4) is 11.5 Å². The number of nitrogens with zero attached hydrogens (tertiary/aromatic N) is 5. The Labute approximate surface area is 174 Å². The number of nitrogens with one attached hydrogen (secondary N) is 2. The zero-order chi connectivity index (χ0) is 21.9. The second kappa shape index (κ2) is 8.36. The first-order valence-electron chi connectivity index (χ1n) is 8.64. The van der Waals surface area contributed by atoms with Gasteiger partial charge < -0.3 is 15.7 Å². The smallest absolute Gasteiger partial charge is 0.389 e. The van der Waals surface area contributed by atoms with E-state index in [1.807, 2.05) is 0 Å². The molecular weight excluding hydrogens is 423 g/mol. The van der Waals surface area contributed by atoms with Crippen molar-refractivity contribution in [3.63, 3.8) is 0 Å². The Bertz CT molecular complexity index is 1040. The molecule has 3 N–H and O–H groups in total. The van der Waals surface area contributed by atoms with Gasteiger partial charge >= 0.3 is 6.18 Å². The van der Waals surface area contributed by atoms with E-state index in [4.69, 9.17) is 11.6 Å². The molecule has 30 heavy (non-hydrogen) atoms. The zero-order valence-corrected chi connectivity index (χ0v) is 16.6. The van der Waals surface area contributed by atoms with Crippen LogP contribution in [0.2, 0.25) is 5.15 Å². The number of halogens is 4. The Hall–Kier alpha value is -3.05. The lowest BCUT2D eigenvalue weighted by Crippen LogP contribution is -2.30. The van der Waals surface area contributed by atoms with Crippen LogP contribution in [0.1, 0.15) is 19.4 Å². The number of hydrogen-bond acceptors (Lipinski definition) is 8. The van der Waals surface area contributed by atoms with Crippen molar-refractivity contribution < 1.29 is 18.3 Å². The van der Waals surface area contributed by atoms with Crippen LogP contribution in [0.3, 0.4) is 0 Å². The lowest BCUT2D eigenvalue weighted by molar-refractivity contribution is -0.137. The van der Waals surface area contributed by atoms with Crippen LogP contribution in [0.15, 0.2) is 36.7 Å². The number of pyridine rings is 2. The standard InChI is InChI=1S/C18H17ClF3N7O/c1-17(2,30)9-24-15-27-14(12-4-3-5-13(19)26-12)28-16(29-15)25-11-6-10(7-23-8-11)18(20,21)22/h3-8,30H,9H2,1-2H3,(H2,24,25,27,28,29). The molecular formula is C18H17ClF3N7O. The number of aliphatic hydroxyl groups is 1. The van der Waals surface area contributed by atoms with Crippen LogP contribution in [0.4, 0.5) is 30.8 Å². The molecule has 0 aliphatic carbocycles. The number of hydrogen-bond donors (Lipinski definition) is 3. The fraction of sp³-hybridized carbons (Fsp3) is 0.278. The molecule has 3 aromatic heterocycles. The topological polar surface area (TPSA) is 109 Å². The number of aromatic nitrogens is 5. The first kappa shape index (κ1) is 21.7. The monoisotopic (exact) mass is 439 g/mol.